The van der Waals surface area contributed by atoms with Crippen LogP contribution in [-0.4, -0.2) is 46.9 Å². The van der Waals surface area contributed by atoms with E-state index in [1.807, 2.05) is 0 Å². The molecule has 0 aromatic carbocycles. The zero-order valence-corrected chi connectivity index (χ0v) is 8.06. The number of carbonyl (C=O) groups is 2. The molecular formula is C8H11N3O4. The molecular weight excluding hydrogens is 202 g/mol. The molecule has 7 heteroatoms. The first-order chi connectivity index (χ1) is 7.15. The number of aliphatic hydroxyl groups is 1. The third-order valence-corrected chi connectivity index (χ3v) is 1.69. The van der Waals surface area contributed by atoms with Crippen LogP contribution in [-0.2, 0) is 9.53 Å². The van der Waals surface area contributed by atoms with Gasteiger partial charge in [0.1, 0.15) is 0 Å². The second-order valence-electron chi connectivity index (χ2n) is 2.74. The fraction of sp³-hybridized carbons (Fsp3) is 0.375. The monoisotopic (exact) mass is 213 g/mol. The summed E-state index contributed by atoms with van der Waals surface area (Å²) in [7, 11) is 1.16. The molecule has 0 aliphatic carbocycles. The van der Waals surface area contributed by atoms with Crippen LogP contribution in [0.2, 0.25) is 0 Å². The van der Waals surface area contributed by atoms with Gasteiger partial charge in [0.2, 0.25) is 0 Å². The van der Waals surface area contributed by atoms with Crippen LogP contribution >= 0.6 is 0 Å². The van der Waals surface area contributed by atoms with Crippen molar-refractivity contribution < 1.29 is 19.4 Å². The first kappa shape index (κ1) is 11.2. The Morgan fingerprint density at radius 3 is 3.00 bits per heavy atom. The van der Waals surface area contributed by atoms with E-state index in [4.69, 9.17) is 5.11 Å². The van der Waals surface area contributed by atoms with Gasteiger partial charge in [0, 0.05) is 6.20 Å². The van der Waals surface area contributed by atoms with Gasteiger partial charge in [-0.15, -0.1) is 0 Å². The number of nitrogens with zero attached hydrogens (tertiary/aromatic N) is 1. The number of carbonyl (C=O) groups excluding carboxylic acids is 2. The highest BCUT2D eigenvalue weighted by Gasteiger charge is 2.16. The van der Waals surface area contributed by atoms with Gasteiger partial charge in [-0.1, -0.05) is 0 Å². The van der Waals surface area contributed by atoms with E-state index in [0.717, 1.165) is 7.11 Å². The average molecular weight is 213 g/mol. The van der Waals surface area contributed by atoms with Crippen LogP contribution in [0.3, 0.4) is 0 Å². The van der Waals surface area contributed by atoms with Crippen LogP contribution in [0.4, 0.5) is 0 Å². The number of aromatic amines is 1. The second kappa shape index (κ2) is 5.11. The van der Waals surface area contributed by atoms with Gasteiger partial charge in [0.15, 0.2) is 6.10 Å². The summed E-state index contributed by atoms with van der Waals surface area (Å²) in [5, 5.41) is 17.6. The molecule has 0 fully saturated rings. The van der Waals surface area contributed by atoms with E-state index in [1.54, 1.807) is 0 Å². The molecule has 0 spiro atoms. The number of aliphatic hydroxyl groups excluding tert-OH is 1. The third-order valence-electron chi connectivity index (χ3n) is 1.69. The predicted octanol–water partition coefficient (Wildman–Crippen LogP) is -1.33. The highest BCUT2D eigenvalue weighted by molar-refractivity contribution is 5.93. The fourth-order valence-corrected chi connectivity index (χ4v) is 0.886. The van der Waals surface area contributed by atoms with Crippen molar-refractivity contribution in [3.63, 3.8) is 0 Å². The minimum Gasteiger partial charge on any atom is -0.467 e. The summed E-state index contributed by atoms with van der Waals surface area (Å²) < 4.78 is 4.28. The summed E-state index contributed by atoms with van der Waals surface area (Å²) in [6.45, 7) is -0.198. The van der Waals surface area contributed by atoms with E-state index >= 15 is 0 Å². The number of ether oxygens (including phenoxy) is 1. The number of aromatic nitrogens is 2. The molecule has 1 unspecified atom stereocenters. The molecule has 1 aromatic rings. The lowest BCUT2D eigenvalue weighted by Crippen LogP contribution is -2.37. The first-order valence-corrected chi connectivity index (χ1v) is 4.18. The summed E-state index contributed by atoms with van der Waals surface area (Å²) in [6.07, 6.45) is 1.38. The smallest absolute Gasteiger partial charge is 0.336 e. The number of nitrogens with one attached hydrogen (secondary N) is 2. The Morgan fingerprint density at radius 2 is 2.47 bits per heavy atom. The lowest BCUT2D eigenvalue weighted by molar-refractivity contribution is -0.149. The van der Waals surface area contributed by atoms with Gasteiger partial charge in [-0.2, -0.15) is 5.10 Å². The third kappa shape index (κ3) is 3.06. The van der Waals surface area contributed by atoms with E-state index in [2.05, 4.69) is 20.3 Å². The number of esters is 1. The van der Waals surface area contributed by atoms with Gasteiger partial charge >= 0.3 is 5.97 Å². The van der Waals surface area contributed by atoms with Crippen molar-refractivity contribution in [3.05, 3.63) is 18.0 Å². The van der Waals surface area contributed by atoms with Crippen molar-refractivity contribution in [2.75, 3.05) is 13.7 Å². The molecule has 82 valence electrons. The van der Waals surface area contributed by atoms with Gasteiger partial charge < -0.3 is 15.2 Å². The predicted molar refractivity (Wildman–Crippen MR) is 48.9 cm³/mol. The normalized spacial score (nSPS) is 11.9. The van der Waals surface area contributed by atoms with Crippen LogP contribution in [0.5, 0.6) is 0 Å². The summed E-state index contributed by atoms with van der Waals surface area (Å²) in [5.41, 5.74) is 0.326. The Kier molecular flexibility index (Phi) is 3.81. The van der Waals surface area contributed by atoms with Gasteiger partial charge in [0.05, 0.1) is 25.4 Å². The molecule has 1 atom stereocenters. The first-order valence-electron chi connectivity index (χ1n) is 4.18. The minimum absolute atomic E-state index is 0.198. The Hall–Kier alpha value is -1.89. The van der Waals surface area contributed by atoms with E-state index in [9.17, 15) is 9.59 Å². The molecule has 0 bridgehead atoms. The van der Waals surface area contributed by atoms with E-state index in [1.165, 1.54) is 12.4 Å². The maximum atomic E-state index is 11.3. The summed E-state index contributed by atoms with van der Waals surface area (Å²) >= 11 is 0. The zero-order valence-electron chi connectivity index (χ0n) is 8.06. The Bertz CT molecular complexity index is 336. The maximum absolute atomic E-state index is 11.3. The topological polar surface area (TPSA) is 104 Å². The molecule has 0 saturated heterocycles. The van der Waals surface area contributed by atoms with Crippen LogP contribution < -0.4 is 5.32 Å². The molecule has 1 aromatic heterocycles. The van der Waals surface area contributed by atoms with Crippen LogP contribution in [0.1, 0.15) is 10.4 Å². The number of rotatable bonds is 4. The quantitative estimate of drug-likeness (QED) is 0.538. The number of hydrogen-bond acceptors (Lipinski definition) is 5. The average Bonchev–Trinajstić information content (AvgIpc) is 2.77. The van der Waals surface area contributed by atoms with Crippen LogP contribution in [0.25, 0.3) is 0 Å². The number of H-pyrrole nitrogens is 1. The summed E-state index contributed by atoms with van der Waals surface area (Å²) in [6, 6.07) is 0. The molecule has 15 heavy (non-hydrogen) atoms. The number of hydrogen-bond donors (Lipinski definition) is 3. The summed E-state index contributed by atoms with van der Waals surface area (Å²) in [5.74, 6) is -1.21. The van der Waals surface area contributed by atoms with Gasteiger partial charge in [0.25, 0.3) is 5.91 Å². The number of methoxy groups -OCH3 is 1. The Morgan fingerprint density at radius 1 is 1.73 bits per heavy atom. The SMILES string of the molecule is COC(=O)C(O)CNC(=O)c1cn[nH]c1. The maximum Gasteiger partial charge on any atom is 0.336 e. The zero-order chi connectivity index (χ0) is 11.3. The molecule has 7 nitrogen and oxygen atoms in total. The largest absolute Gasteiger partial charge is 0.467 e. The molecule has 0 aliphatic rings. The van der Waals surface area contributed by atoms with Crippen LogP contribution in [0, 0.1) is 0 Å². The molecule has 1 rings (SSSR count). The van der Waals surface area contributed by atoms with E-state index in [-0.39, 0.29) is 6.54 Å². The van der Waals surface area contributed by atoms with Crippen molar-refractivity contribution in [1.29, 1.82) is 0 Å². The Balaban J connectivity index is 2.38. The van der Waals surface area contributed by atoms with E-state index < -0.39 is 18.0 Å². The molecule has 0 saturated carbocycles. The van der Waals surface area contributed by atoms with Crippen molar-refractivity contribution in [2.24, 2.45) is 0 Å². The molecule has 3 N–H and O–H groups in total. The molecule has 1 amide bonds. The lowest BCUT2D eigenvalue weighted by Gasteiger charge is -2.08. The number of amides is 1. The lowest BCUT2D eigenvalue weighted by atomic mass is 10.3. The van der Waals surface area contributed by atoms with E-state index in [0.29, 0.717) is 5.56 Å². The highest BCUT2D eigenvalue weighted by Crippen LogP contribution is 1.93. The van der Waals surface area contributed by atoms with Crippen LogP contribution in [0.15, 0.2) is 12.4 Å². The van der Waals surface area contributed by atoms with Gasteiger partial charge in [-0.3, -0.25) is 9.89 Å². The van der Waals surface area contributed by atoms with Gasteiger partial charge in [-0.25, -0.2) is 4.79 Å². The highest BCUT2D eigenvalue weighted by atomic mass is 16.5. The molecule has 0 aliphatic heterocycles. The van der Waals surface area contributed by atoms with Crippen molar-refractivity contribution >= 4 is 11.9 Å². The van der Waals surface area contributed by atoms with Crippen molar-refractivity contribution in [2.45, 2.75) is 6.10 Å². The molecule has 0 radical (unpaired) electrons. The Labute approximate surface area is 85.4 Å². The minimum atomic E-state index is -1.36. The standard InChI is InChI=1S/C8H11N3O4/c1-15-8(14)6(12)4-9-7(13)5-2-10-11-3-5/h2-3,6,12H,4H2,1H3,(H,9,13)(H,10,11). The summed E-state index contributed by atoms with van der Waals surface area (Å²) in [4.78, 5) is 22.1. The second-order valence-corrected chi connectivity index (χ2v) is 2.74. The molecule has 1 heterocycles. The van der Waals surface area contributed by atoms with Crippen molar-refractivity contribution in [3.8, 4) is 0 Å². The van der Waals surface area contributed by atoms with Crippen molar-refractivity contribution in [1.82, 2.24) is 15.5 Å². The van der Waals surface area contributed by atoms with Gasteiger partial charge in [-0.05, 0) is 0 Å². The fourth-order valence-electron chi connectivity index (χ4n) is 0.886.